The van der Waals surface area contributed by atoms with E-state index in [1.165, 1.54) is 24.8 Å². The van der Waals surface area contributed by atoms with Crippen LogP contribution in [-0.4, -0.2) is 51.5 Å². The number of ether oxygens (including phenoxy) is 2. The molecule has 1 saturated carbocycles. The fourth-order valence-electron chi connectivity index (χ4n) is 3.42. The second-order valence-electron chi connectivity index (χ2n) is 7.33. The first kappa shape index (κ1) is 19.2. The number of guanidine groups is 1. The van der Waals surface area contributed by atoms with E-state index in [0.717, 1.165) is 58.3 Å². The van der Waals surface area contributed by atoms with Crippen molar-refractivity contribution in [1.82, 2.24) is 10.6 Å². The first-order valence-corrected chi connectivity index (χ1v) is 10.1. The summed E-state index contributed by atoms with van der Waals surface area (Å²) in [6, 6.07) is 10.8. The van der Waals surface area contributed by atoms with Crippen LogP contribution in [0, 0.1) is 0 Å². The van der Waals surface area contributed by atoms with E-state index in [0.29, 0.717) is 6.10 Å². The molecule has 1 aliphatic heterocycles. The monoisotopic (exact) mass is 359 g/mol. The minimum atomic E-state index is 0.258. The molecule has 0 radical (unpaired) electrons. The Morgan fingerprint density at radius 1 is 1.27 bits per heavy atom. The van der Waals surface area contributed by atoms with Gasteiger partial charge in [0, 0.05) is 31.7 Å². The highest BCUT2D eigenvalue weighted by atomic mass is 16.5. The summed E-state index contributed by atoms with van der Waals surface area (Å²) in [5.74, 6) is 0.911. The molecule has 2 N–H and O–H groups in total. The van der Waals surface area contributed by atoms with Crippen molar-refractivity contribution in [3.8, 4) is 0 Å². The Balaban J connectivity index is 1.37. The molecule has 144 valence electrons. The third kappa shape index (κ3) is 5.71. The summed E-state index contributed by atoms with van der Waals surface area (Å²) in [7, 11) is 0. The van der Waals surface area contributed by atoms with E-state index < -0.39 is 0 Å². The summed E-state index contributed by atoms with van der Waals surface area (Å²) in [5, 5.41) is 6.78. The summed E-state index contributed by atoms with van der Waals surface area (Å²) < 4.78 is 11.3. The van der Waals surface area contributed by atoms with E-state index in [4.69, 9.17) is 14.5 Å². The Hall–Kier alpha value is -1.59. The van der Waals surface area contributed by atoms with E-state index in [9.17, 15) is 0 Å². The topological polar surface area (TPSA) is 54.9 Å². The van der Waals surface area contributed by atoms with Crippen molar-refractivity contribution in [2.45, 2.75) is 50.5 Å². The lowest BCUT2D eigenvalue weighted by molar-refractivity contribution is 0.0168. The quantitative estimate of drug-likeness (QED) is 0.383. The van der Waals surface area contributed by atoms with Gasteiger partial charge in [-0.1, -0.05) is 30.3 Å². The molecule has 0 aromatic heterocycles. The summed E-state index contributed by atoms with van der Waals surface area (Å²) >= 11 is 0. The van der Waals surface area contributed by atoms with Crippen molar-refractivity contribution < 1.29 is 9.47 Å². The minimum absolute atomic E-state index is 0.258. The van der Waals surface area contributed by atoms with E-state index in [-0.39, 0.29) is 5.41 Å². The van der Waals surface area contributed by atoms with Gasteiger partial charge < -0.3 is 20.1 Å². The molecule has 1 aromatic carbocycles. The fraction of sp³-hybridized carbons (Fsp3) is 0.667. The van der Waals surface area contributed by atoms with Gasteiger partial charge in [-0.25, -0.2) is 0 Å². The molecule has 1 saturated heterocycles. The standard InChI is InChI=1S/C21H33N3O2/c1-2-22-20(23-13-7-14-25-16-19-10-6-15-26-19)24-17-21(11-12-21)18-8-4-3-5-9-18/h3-5,8-9,19H,2,6-7,10-17H2,1H3,(H2,22,23,24). The van der Waals surface area contributed by atoms with Crippen molar-refractivity contribution in [3.63, 3.8) is 0 Å². The van der Waals surface area contributed by atoms with Crippen molar-refractivity contribution in [2.75, 3.05) is 39.5 Å². The predicted molar refractivity (Wildman–Crippen MR) is 106 cm³/mol. The van der Waals surface area contributed by atoms with E-state index >= 15 is 0 Å². The normalized spacial score (nSPS) is 21.6. The summed E-state index contributed by atoms with van der Waals surface area (Å²) in [4.78, 5) is 4.84. The van der Waals surface area contributed by atoms with Crippen LogP contribution in [0.2, 0.25) is 0 Å². The Morgan fingerprint density at radius 2 is 2.12 bits per heavy atom. The Labute approximate surface area is 157 Å². The summed E-state index contributed by atoms with van der Waals surface area (Å²) in [6.07, 6.45) is 6.06. The highest BCUT2D eigenvalue weighted by Crippen LogP contribution is 2.48. The van der Waals surface area contributed by atoms with Crippen LogP contribution in [0.1, 0.15) is 44.6 Å². The molecule has 0 amide bonds. The first-order valence-electron chi connectivity index (χ1n) is 10.1. The Bertz CT molecular complexity index is 552. The number of hydrogen-bond acceptors (Lipinski definition) is 3. The third-order valence-electron chi connectivity index (χ3n) is 5.21. The fourth-order valence-corrected chi connectivity index (χ4v) is 3.42. The lowest BCUT2D eigenvalue weighted by Gasteiger charge is -2.16. The molecule has 1 heterocycles. The molecule has 0 spiro atoms. The molecule has 26 heavy (non-hydrogen) atoms. The molecule has 0 bridgehead atoms. The maximum atomic E-state index is 5.72. The van der Waals surface area contributed by atoms with Gasteiger partial charge in [-0.2, -0.15) is 0 Å². The maximum absolute atomic E-state index is 5.72. The average molecular weight is 360 g/mol. The summed E-state index contributed by atoms with van der Waals surface area (Å²) in [5.41, 5.74) is 1.68. The van der Waals surface area contributed by atoms with Crippen LogP contribution in [0.15, 0.2) is 35.3 Å². The van der Waals surface area contributed by atoms with E-state index in [2.05, 4.69) is 47.9 Å². The van der Waals surface area contributed by atoms with E-state index in [1.807, 2.05) is 0 Å². The molecule has 1 aliphatic carbocycles. The van der Waals surface area contributed by atoms with Gasteiger partial charge in [0.1, 0.15) is 0 Å². The highest BCUT2D eigenvalue weighted by molar-refractivity contribution is 5.79. The molecule has 5 nitrogen and oxygen atoms in total. The Kier molecular flexibility index (Phi) is 7.32. The van der Waals surface area contributed by atoms with Crippen LogP contribution in [-0.2, 0) is 14.9 Å². The van der Waals surface area contributed by atoms with Gasteiger partial charge >= 0.3 is 0 Å². The zero-order chi connectivity index (χ0) is 18.1. The maximum Gasteiger partial charge on any atom is 0.191 e. The molecule has 2 fully saturated rings. The van der Waals surface area contributed by atoms with Gasteiger partial charge in [0.25, 0.3) is 0 Å². The van der Waals surface area contributed by atoms with Crippen LogP contribution in [0.4, 0.5) is 0 Å². The molecule has 1 aromatic rings. The predicted octanol–water partition coefficient (Wildman–Crippen LogP) is 2.86. The molecule has 1 atom stereocenters. The number of nitrogens with one attached hydrogen (secondary N) is 2. The lowest BCUT2D eigenvalue weighted by Crippen LogP contribution is -2.38. The largest absolute Gasteiger partial charge is 0.379 e. The van der Waals surface area contributed by atoms with Crippen LogP contribution in [0.5, 0.6) is 0 Å². The van der Waals surface area contributed by atoms with Crippen LogP contribution < -0.4 is 10.6 Å². The van der Waals surface area contributed by atoms with Crippen molar-refractivity contribution in [3.05, 3.63) is 35.9 Å². The average Bonchev–Trinajstić information content (AvgIpc) is 3.29. The molecular weight excluding hydrogens is 326 g/mol. The van der Waals surface area contributed by atoms with Crippen LogP contribution >= 0.6 is 0 Å². The highest BCUT2D eigenvalue weighted by Gasteiger charge is 2.43. The van der Waals surface area contributed by atoms with Crippen molar-refractivity contribution >= 4 is 5.96 Å². The SMILES string of the molecule is CCNC(=NCC1(c2ccccc2)CC1)NCCCOCC1CCCO1. The molecule has 5 heteroatoms. The number of nitrogens with zero attached hydrogens (tertiary/aromatic N) is 1. The third-order valence-corrected chi connectivity index (χ3v) is 5.21. The Morgan fingerprint density at radius 3 is 2.81 bits per heavy atom. The van der Waals surface area contributed by atoms with E-state index in [1.54, 1.807) is 0 Å². The number of aliphatic imine (C=N–C) groups is 1. The van der Waals surface area contributed by atoms with Gasteiger partial charge in [0.05, 0.1) is 19.3 Å². The second kappa shape index (κ2) is 9.93. The molecule has 1 unspecified atom stereocenters. The van der Waals surface area contributed by atoms with Crippen molar-refractivity contribution in [2.24, 2.45) is 4.99 Å². The first-order chi connectivity index (χ1) is 12.8. The van der Waals surface area contributed by atoms with Gasteiger partial charge in [0.2, 0.25) is 0 Å². The number of benzene rings is 1. The van der Waals surface area contributed by atoms with Gasteiger partial charge in [-0.05, 0) is 44.6 Å². The lowest BCUT2D eigenvalue weighted by atomic mass is 9.96. The van der Waals surface area contributed by atoms with Gasteiger partial charge in [-0.3, -0.25) is 4.99 Å². The number of hydrogen-bond donors (Lipinski definition) is 2. The molecular formula is C21H33N3O2. The van der Waals surface area contributed by atoms with Crippen LogP contribution in [0.3, 0.4) is 0 Å². The zero-order valence-electron chi connectivity index (χ0n) is 16.0. The van der Waals surface area contributed by atoms with Crippen molar-refractivity contribution in [1.29, 1.82) is 0 Å². The molecule has 3 rings (SSSR count). The minimum Gasteiger partial charge on any atom is -0.379 e. The zero-order valence-corrected chi connectivity index (χ0v) is 16.0. The molecule has 2 aliphatic rings. The van der Waals surface area contributed by atoms with Gasteiger partial charge in [-0.15, -0.1) is 0 Å². The van der Waals surface area contributed by atoms with Gasteiger partial charge in [0.15, 0.2) is 5.96 Å². The summed E-state index contributed by atoms with van der Waals surface area (Å²) in [6.45, 7) is 7.08. The van der Waals surface area contributed by atoms with Crippen LogP contribution in [0.25, 0.3) is 0 Å². The smallest absolute Gasteiger partial charge is 0.191 e. The second-order valence-corrected chi connectivity index (χ2v) is 7.33. The number of rotatable bonds is 10.